The first-order valence-electron chi connectivity index (χ1n) is 14.6. The van der Waals surface area contributed by atoms with Crippen molar-refractivity contribution < 1.29 is 28.7 Å². The number of pyridine rings is 1. The number of esters is 1. The maximum atomic E-state index is 13.5. The number of nitrogens with zero attached hydrogens (tertiary/aromatic N) is 2. The van der Waals surface area contributed by atoms with Crippen LogP contribution in [0.4, 0.5) is 0 Å². The van der Waals surface area contributed by atoms with Crippen molar-refractivity contribution in [2.24, 2.45) is 17.3 Å². The van der Waals surface area contributed by atoms with E-state index in [4.69, 9.17) is 14.5 Å². The smallest absolute Gasteiger partial charge is 0.325 e. The monoisotopic (exact) mass is 578 g/mol. The summed E-state index contributed by atoms with van der Waals surface area (Å²) >= 11 is 0. The molecule has 1 aromatic carbocycles. The lowest BCUT2D eigenvalue weighted by Gasteiger charge is -2.35. The van der Waals surface area contributed by atoms with Crippen LogP contribution in [0.25, 0.3) is 17.0 Å². The van der Waals surface area contributed by atoms with Crippen LogP contribution >= 0.6 is 0 Å². The average molecular weight is 579 g/mol. The van der Waals surface area contributed by atoms with Gasteiger partial charge in [-0.3, -0.25) is 24.2 Å². The molecule has 0 radical (unpaired) electrons. The van der Waals surface area contributed by atoms with Gasteiger partial charge in [0.05, 0.1) is 17.8 Å². The number of aromatic nitrogens is 1. The predicted molar refractivity (Wildman–Crippen MR) is 159 cm³/mol. The van der Waals surface area contributed by atoms with Crippen molar-refractivity contribution in [2.45, 2.75) is 72.1 Å². The van der Waals surface area contributed by atoms with E-state index in [1.165, 1.54) is 12.1 Å². The third-order valence-corrected chi connectivity index (χ3v) is 8.09. The molecule has 5 bridgehead atoms. The molecule has 42 heavy (non-hydrogen) atoms. The minimum Gasteiger partial charge on any atom is -0.455 e. The van der Waals surface area contributed by atoms with Crippen molar-refractivity contribution in [1.29, 1.82) is 0 Å². The quantitative estimate of drug-likeness (QED) is 0.528. The Morgan fingerprint density at radius 1 is 1.14 bits per heavy atom. The van der Waals surface area contributed by atoms with Gasteiger partial charge in [0.25, 0.3) is 5.91 Å². The number of hydrogen-bond donors (Lipinski definition) is 2. The molecule has 0 saturated carbocycles. The number of hydrogen-bond acceptors (Lipinski definition) is 8. The fourth-order valence-corrected chi connectivity index (χ4v) is 5.21. The Bertz CT molecular complexity index is 1370. The summed E-state index contributed by atoms with van der Waals surface area (Å²) in [6.07, 6.45) is 4.20. The molecule has 2 aliphatic rings. The van der Waals surface area contributed by atoms with Gasteiger partial charge in [0.15, 0.2) is 0 Å². The molecule has 4 atom stereocenters. The van der Waals surface area contributed by atoms with Gasteiger partial charge in [-0.15, -0.1) is 0 Å². The van der Waals surface area contributed by atoms with Crippen LogP contribution in [-0.4, -0.2) is 65.9 Å². The second-order valence-corrected chi connectivity index (χ2v) is 12.1. The lowest BCUT2D eigenvalue weighted by atomic mass is 9.79. The molecule has 2 aliphatic heterocycles. The summed E-state index contributed by atoms with van der Waals surface area (Å²) in [5.41, 5.74) is 4.36. The first-order valence-corrected chi connectivity index (χ1v) is 14.6. The summed E-state index contributed by atoms with van der Waals surface area (Å²) < 4.78 is 11.0. The van der Waals surface area contributed by atoms with Crippen molar-refractivity contribution >= 4 is 40.5 Å². The number of ketones is 1. The Balaban J connectivity index is 1.72. The third-order valence-electron chi connectivity index (χ3n) is 8.09. The second kappa shape index (κ2) is 13.1. The Morgan fingerprint density at radius 3 is 2.60 bits per heavy atom. The molecule has 1 fully saturated rings. The van der Waals surface area contributed by atoms with Crippen LogP contribution in [-0.2, 0) is 28.7 Å². The van der Waals surface area contributed by atoms with Gasteiger partial charge >= 0.3 is 5.97 Å². The average Bonchev–Trinajstić information content (AvgIpc) is 2.96. The number of amides is 2. The van der Waals surface area contributed by atoms with Gasteiger partial charge in [-0.25, -0.2) is 10.4 Å². The summed E-state index contributed by atoms with van der Waals surface area (Å²) in [4.78, 5) is 58.4. The van der Waals surface area contributed by atoms with Gasteiger partial charge in [-0.1, -0.05) is 44.2 Å². The van der Waals surface area contributed by atoms with Crippen molar-refractivity contribution in [3.8, 4) is 0 Å². The number of rotatable bonds is 3. The number of hydrazine groups is 1. The highest BCUT2D eigenvalue weighted by molar-refractivity contribution is 5.94. The van der Waals surface area contributed by atoms with Crippen LogP contribution < -0.4 is 10.7 Å². The molecule has 2 aromatic rings. The molecule has 0 spiro atoms. The van der Waals surface area contributed by atoms with Gasteiger partial charge in [-0.05, 0) is 57.2 Å². The van der Waals surface area contributed by atoms with Crippen LogP contribution in [0.15, 0.2) is 36.4 Å². The van der Waals surface area contributed by atoms with Crippen LogP contribution in [0.5, 0.6) is 0 Å². The summed E-state index contributed by atoms with van der Waals surface area (Å²) in [5.74, 6) is -2.18. The van der Waals surface area contributed by atoms with Crippen LogP contribution in [0.3, 0.4) is 0 Å². The molecule has 10 heteroatoms. The van der Waals surface area contributed by atoms with Gasteiger partial charge in [0.2, 0.25) is 5.91 Å². The fraction of sp³-hybridized carbons (Fsp3) is 0.531. The van der Waals surface area contributed by atoms with E-state index in [2.05, 4.69) is 10.7 Å². The zero-order valence-electron chi connectivity index (χ0n) is 25.3. The van der Waals surface area contributed by atoms with Gasteiger partial charge in [0.1, 0.15) is 24.0 Å². The molecule has 3 heterocycles. The first kappa shape index (κ1) is 31.3. The number of carbonyl (C=O) groups is 4. The van der Waals surface area contributed by atoms with Crippen molar-refractivity contribution in [1.82, 2.24) is 20.7 Å². The minimum absolute atomic E-state index is 0.0190. The van der Waals surface area contributed by atoms with Crippen LogP contribution in [0.1, 0.15) is 71.2 Å². The van der Waals surface area contributed by atoms with Crippen molar-refractivity contribution in [3.63, 3.8) is 0 Å². The normalized spacial score (nSPS) is 26.7. The number of methoxy groups -OCH3 is 1. The molecule has 226 valence electrons. The number of benzene rings is 1. The number of fused-ring (bicyclic) bond motifs is 4. The number of allylic oxidation sites excluding steroid dienone is 1. The highest BCUT2D eigenvalue weighted by Crippen LogP contribution is 2.28. The molecule has 1 saturated heterocycles. The maximum absolute atomic E-state index is 13.5. The van der Waals surface area contributed by atoms with E-state index < -0.39 is 47.3 Å². The lowest BCUT2D eigenvalue weighted by Crippen LogP contribution is -2.61. The molecule has 0 unspecified atom stereocenters. The van der Waals surface area contributed by atoms with E-state index in [0.29, 0.717) is 25.1 Å². The van der Waals surface area contributed by atoms with E-state index in [1.54, 1.807) is 6.92 Å². The minimum atomic E-state index is -0.996. The van der Waals surface area contributed by atoms with Gasteiger partial charge < -0.3 is 14.8 Å². The number of cyclic esters (lactones) is 1. The van der Waals surface area contributed by atoms with Crippen LogP contribution in [0, 0.1) is 17.3 Å². The van der Waals surface area contributed by atoms with Gasteiger partial charge in [0, 0.05) is 36.8 Å². The SMILES string of the molecule is COC[C@H]1NC(=O)[C@H](C(C)C)CC(=O)C(C)(C)/C=C/c2ccc3ccc(nc3c2)[C@@H](C)OC(=O)[C@@H]2CCCN(N2)C1=O. The highest BCUT2D eigenvalue weighted by atomic mass is 16.5. The van der Waals surface area contributed by atoms with E-state index in [-0.39, 0.29) is 24.7 Å². The zero-order chi connectivity index (χ0) is 30.6. The van der Waals surface area contributed by atoms with E-state index >= 15 is 0 Å². The number of ether oxygens (including phenoxy) is 2. The predicted octanol–water partition coefficient (Wildman–Crippen LogP) is 3.75. The molecule has 4 rings (SSSR count). The standard InChI is InChI=1S/C32H42N4O6/c1-19(2)23-17-28(37)32(4,5)14-13-21-9-10-22-11-12-24(33-26(22)16-21)20(3)42-31(40)25-8-7-15-36(35-25)30(39)27(18-41-6)34-29(23)38/h9-14,16,19-20,23,25,27,35H,7-8,15,17-18H2,1-6H3,(H,34,38)/b14-13+/t20-,23+,25+,27-/m1/s1. The molecule has 1 aromatic heterocycles. The largest absolute Gasteiger partial charge is 0.455 e. The summed E-state index contributed by atoms with van der Waals surface area (Å²) in [6.45, 7) is 9.49. The second-order valence-electron chi connectivity index (χ2n) is 12.1. The summed E-state index contributed by atoms with van der Waals surface area (Å²) in [6, 6.07) is 7.88. The first-order chi connectivity index (χ1) is 19.9. The molecular formula is C32H42N4O6. The molecule has 2 N–H and O–H groups in total. The Labute approximate surface area is 247 Å². The Morgan fingerprint density at radius 2 is 1.88 bits per heavy atom. The molecular weight excluding hydrogens is 536 g/mol. The van der Waals surface area contributed by atoms with E-state index in [1.807, 2.05) is 70.2 Å². The Kier molecular flexibility index (Phi) is 9.78. The third kappa shape index (κ3) is 7.22. The number of nitrogens with one attached hydrogen (secondary N) is 2. The van der Waals surface area contributed by atoms with E-state index in [9.17, 15) is 19.2 Å². The molecule has 10 nitrogen and oxygen atoms in total. The number of carbonyl (C=O) groups excluding carboxylic acids is 4. The Hall–Kier alpha value is -3.63. The maximum Gasteiger partial charge on any atom is 0.325 e. The lowest BCUT2D eigenvalue weighted by molar-refractivity contribution is -0.157. The zero-order valence-corrected chi connectivity index (χ0v) is 25.3. The highest BCUT2D eigenvalue weighted by Gasteiger charge is 2.37. The number of Topliss-reactive ketones (excluding diaryl/α,β-unsaturated/α-hetero) is 1. The fourth-order valence-electron chi connectivity index (χ4n) is 5.21. The summed E-state index contributed by atoms with van der Waals surface area (Å²) in [5, 5.41) is 5.10. The van der Waals surface area contributed by atoms with E-state index in [0.717, 1.165) is 16.5 Å². The van der Waals surface area contributed by atoms with Crippen molar-refractivity contribution in [3.05, 3.63) is 47.7 Å². The van der Waals surface area contributed by atoms with Crippen molar-refractivity contribution in [2.75, 3.05) is 20.3 Å². The summed E-state index contributed by atoms with van der Waals surface area (Å²) in [7, 11) is 1.45. The van der Waals surface area contributed by atoms with Gasteiger partial charge in [-0.2, -0.15) is 0 Å². The van der Waals surface area contributed by atoms with Crippen LogP contribution in [0.2, 0.25) is 0 Å². The molecule has 0 aliphatic carbocycles. The molecule has 2 amide bonds. The topological polar surface area (TPSA) is 127 Å².